The minimum Gasteiger partial charge on any atom is -0.468 e. The molecule has 0 aliphatic carbocycles. The first-order valence-electron chi connectivity index (χ1n) is 5.90. The Morgan fingerprint density at radius 3 is 2.60 bits per heavy atom. The van der Waals surface area contributed by atoms with Crippen molar-refractivity contribution < 1.29 is 9.53 Å². The molecule has 0 aliphatic rings. The van der Waals surface area contributed by atoms with E-state index in [1.807, 2.05) is 18.2 Å². The van der Waals surface area contributed by atoms with Crippen molar-refractivity contribution in [3.8, 4) is 6.07 Å². The first-order valence-corrected chi connectivity index (χ1v) is 6.78. The zero-order chi connectivity index (χ0) is 14.4. The maximum Gasteiger partial charge on any atom is 0.323 e. The first kappa shape index (κ1) is 14.1. The fourth-order valence-electron chi connectivity index (χ4n) is 1.63. The molecule has 0 bridgehead atoms. The highest BCUT2D eigenvalue weighted by atomic mass is 32.2. The fraction of sp³-hybridized carbons (Fsp3) is 0.133. The number of benzene rings is 1. The van der Waals surface area contributed by atoms with E-state index in [1.165, 1.54) is 18.9 Å². The number of rotatable bonds is 4. The highest BCUT2D eigenvalue weighted by molar-refractivity contribution is 8.00. The molecule has 5 heteroatoms. The lowest BCUT2D eigenvalue weighted by atomic mass is 10.1. The first-order chi connectivity index (χ1) is 9.74. The molecule has 0 N–H and O–H groups in total. The minimum atomic E-state index is -0.498. The summed E-state index contributed by atoms with van der Waals surface area (Å²) in [5.41, 5.74) is 1.34. The number of methoxy groups -OCH3 is 1. The average Bonchev–Trinajstić information content (AvgIpc) is 2.53. The summed E-state index contributed by atoms with van der Waals surface area (Å²) in [6.07, 6.45) is 1.68. The van der Waals surface area contributed by atoms with Crippen molar-refractivity contribution in [2.75, 3.05) is 7.11 Å². The Balaban J connectivity index is 2.27. The van der Waals surface area contributed by atoms with Crippen LogP contribution in [0.5, 0.6) is 0 Å². The van der Waals surface area contributed by atoms with Crippen LogP contribution in [0.3, 0.4) is 0 Å². The van der Waals surface area contributed by atoms with E-state index in [0.717, 1.165) is 10.6 Å². The maximum atomic E-state index is 11.9. The van der Waals surface area contributed by atoms with Gasteiger partial charge in [-0.05, 0) is 29.8 Å². The molecule has 0 saturated carbocycles. The molecule has 2 aromatic rings. The molecule has 4 nitrogen and oxygen atoms in total. The van der Waals surface area contributed by atoms with E-state index in [0.29, 0.717) is 5.56 Å². The van der Waals surface area contributed by atoms with E-state index in [4.69, 9.17) is 10.00 Å². The monoisotopic (exact) mass is 284 g/mol. The smallest absolute Gasteiger partial charge is 0.323 e. The third kappa shape index (κ3) is 3.37. The number of ether oxygens (including phenoxy) is 1. The number of hydrogen-bond donors (Lipinski definition) is 0. The van der Waals surface area contributed by atoms with Gasteiger partial charge in [0.05, 0.1) is 23.8 Å². The second-order valence-corrected chi connectivity index (χ2v) is 5.05. The van der Waals surface area contributed by atoms with Crippen LogP contribution in [0.15, 0.2) is 53.7 Å². The zero-order valence-corrected chi connectivity index (χ0v) is 11.6. The molecule has 0 spiro atoms. The largest absolute Gasteiger partial charge is 0.468 e. The lowest BCUT2D eigenvalue weighted by Gasteiger charge is -2.14. The standard InChI is InChI=1S/C15H12N2O2S/c1-19-15(18)14(20-13-4-2-3-9-17-13)12-7-5-11(10-16)6-8-12/h2-9,14H,1H3/t14-/m0/s1. The van der Waals surface area contributed by atoms with Crippen molar-refractivity contribution in [3.63, 3.8) is 0 Å². The Morgan fingerprint density at radius 1 is 1.30 bits per heavy atom. The molecule has 2 rings (SSSR count). The van der Waals surface area contributed by atoms with Gasteiger partial charge in [-0.3, -0.25) is 4.79 Å². The molecule has 0 unspecified atom stereocenters. The molecule has 0 amide bonds. The Bertz CT molecular complexity index is 621. The lowest BCUT2D eigenvalue weighted by Crippen LogP contribution is -2.11. The van der Waals surface area contributed by atoms with Crippen LogP contribution in [0.4, 0.5) is 0 Å². The Hall–Kier alpha value is -2.32. The lowest BCUT2D eigenvalue weighted by molar-refractivity contribution is -0.140. The quantitative estimate of drug-likeness (QED) is 0.638. The van der Waals surface area contributed by atoms with Gasteiger partial charge in [0.15, 0.2) is 0 Å². The van der Waals surface area contributed by atoms with Gasteiger partial charge in [0, 0.05) is 6.20 Å². The van der Waals surface area contributed by atoms with Crippen LogP contribution in [0, 0.1) is 11.3 Å². The summed E-state index contributed by atoms with van der Waals surface area (Å²) in [6, 6.07) is 14.5. The predicted molar refractivity (Wildman–Crippen MR) is 76.0 cm³/mol. The van der Waals surface area contributed by atoms with Gasteiger partial charge in [0.25, 0.3) is 0 Å². The third-order valence-electron chi connectivity index (χ3n) is 2.63. The van der Waals surface area contributed by atoms with Crippen LogP contribution in [0.25, 0.3) is 0 Å². The molecule has 100 valence electrons. The number of esters is 1. The van der Waals surface area contributed by atoms with Crippen LogP contribution in [0.1, 0.15) is 16.4 Å². The van der Waals surface area contributed by atoms with Gasteiger partial charge in [-0.15, -0.1) is 0 Å². The molecular weight excluding hydrogens is 272 g/mol. The van der Waals surface area contributed by atoms with Gasteiger partial charge >= 0.3 is 5.97 Å². The van der Waals surface area contributed by atoms with E-state index in [9.17, 15) is 4.79 Å². The highest BCUT2D eigenvalue weighted by Crippen LogP contribution is 2.35. The van der Waals surface area contributed by atoms with Crippen molar-refractivity contribution in [2.45, 2.75) is 10.3 Å². The van der Waals surface area contributed by atoms with Gasteiger partial charge < -0.3 is 4.74 Å². The molecular formula is C15H12N2O2S. The van der Waals surface area contributed by atoms with Gasteiger partial charge in [-0.2, -0.15) is 5.26 Å². The summed E-state index contributed by atoms with van der Waals surface area (Å²) in [7, 11) is 1.36. The second-order valence-electron chi connectivity index (χ2n) is 3.92. The van der Waals surface area contributed by atoms with Gasteiger partial charge in [0.1, 0.15) is 5.25 Å². The Kier molecular flexibility index (Phi) is 4.75. The zero-order valence-electron chi connectivity index (χ0n) is 10.8. The maximum absolute atomic E-state index is 11.9. The van der Waals surface area contributed by atoms with Crippen molar-refractivity contribution in [3.05, 3.63) is 59.8 Å². The molecule has 0 fully saturated rings. The van der Waals surface area contributed by atoms with Gasteiger partial charge in [-0.1, -0.05) is 30.0 Å². The number of nitriles is 1. The normalized spacial score (nSPS) is 11.4. The van der Waals surface area contributed by atoms with Crippen LogP contribution in [-0.2, 0) is 9.53 Å². The molecule has 1 atom stereocenters. The number of hydrogen-bond acceptors (Lipinski definition) is 5. The molecule has 1 aromatic heterocycles. The SMILES string of the molecule is COC(=O)[C@@H](Sc1ccccn1)c1ccc(C#N)cc1. The van der Waals surface area contributed by atoms with E-state index in [1.54, 1.807) is 30.5 Å². The number of nitrogens with zero attached hydrogens (tertiary/aromatic N) is 2. The summed E-state index contributed by atoms with van der Waals surface area (Å²) in [4.78, 5) is 16.1. The van der Waals surface area contributed by atoms with E-state index < -0.39 is 5.25 Å². The van der Waals surface area contributed by atoms with E-state index >= 15 is 0 Å². The van der Waals surface area contributed by atoms with E-state index in [-0.39, 0.29) is 5.97 Å². The molecule has 1 heterocycles. The predicted octanol–water partition coefficient (Wildman–Crippen LogP) is 2.96. The van der Waals surface area contributed by atoms with Crippen molar-refractivity contribution in [2.24, 2.45) is 0 Å². The van der Waals surface area contributed by atoms with Crippen LogP contribution in [-0.4, -0.2) is 18.1 Å². The minimum absolute atomic E-state index is 0.342. The van der Waals surface area contributed by atoms with Crippen molar-refractivity contribution in [1.29, 1.82) is 5.26 Å². The van der Waals surface area contributed by atoms with Crippen LogP contribution in [0.2, 0.25) is 0 Å². The second kappa shape index (κ2) is 6.73. The fourth-order valence-corrected chi connectivity index (χ4v) is 2.64. The molecule has 0 saturated heterocycles. The summed E-state index contributed by atoms with van der Waals surface area (Å²) in [6.45, 7) is 0. The summed E-state index contributed by atoms with van der Waals surface area (Å²) < 4.78 is 4.84. The summed E-state index contributed by atoms with van der Waals surface area (Å²) in [5.74, 6) is -0.342. The summed E-state index contributed by atoms with van der Waals surface area (Å²) >= 11 is 1.32. The van der Waals surface area contributed by atoms with Crippen molar-refractivity contribution in [1.82, 2.24) is 4.98 Å². The van der Waals surface area contributed by atoms with Crippen LogP contribution < -0.4 is 0 Å². The Morgan fingerprint density at radius 2 is 2.05 bits per heavy atom. The molecule has 1 aromatic carbocycles. The number of carbonyl (C=O) groups excluding carboxylic acids is 1. The Labute approximate surface area is 121 Å². The molecule has 0 radical (unpaired) electrons. The molecule has 20 heavy (non-hydrogen) atoms. The average molecular weight is 284 g/mol. The topological polar surface area (TPSA) is 63.0 Å². The number of carbonyl (C=O) groups is 1. The third-order valence-corrected chi connectivity index (χ3v) is 3.82. The summed E-state index contributed by atoms with van der Waals surface area (Å²) in [5, 5.41) is 9.05. The number of aromatic nitrogens is 1. The highest BCUT2D eigenvalue weighted by Gasteiger charge is 2.23. The van der Waals surface area contributed by atoms with Gasteiger partial charge in [0.2, 0.25) is 0 Å². The number of pyridine rings is 1. The number of thioether (sulfide) groups is 1. The molecule has 0 aliphatic heterocycles. The van der Waals surface area contributed by atoms with Crippen molar-refractivity contribution >= 4 is 17.7 Å². The van der Waals surface area contributed by atoms with Crippen LogP contribution >= 0.6 is 11.8 Å². The van der Waals surface area contributed by atoms with Gasteiger partial charge in [-0.25, -0.2) is 4.98 Å². The van der Waals surface area contributed by atoms with E-state index in [2.05, 4.69) is 11.1 Å².